The minimum absolute atomic E-state index is 0.0734. The van der Waals surface area contributed by atoms with Crippen LogP contribution >= 0.6 is 0 Å². The van der Waals surface area contributed by atoms with Gasteiger partial charge in [-0.2, -0.15) is 0 Å². The fraction of sp³-hybridized carbons (Fsp3) is 0.455. The van der Waals surface area contributed by atoms with Crippen molar-refractivity contribution in [3.63, 3.8) is 0 Å². The molecule has 1 aromatic carbocycles. The van der Waals surface area contributed by atoms with Gasteiger partial charge in [0.05, 0.1) is 11.5 Å². The summed E-state index contributed by atoms with van der Waals surface area (Å²) in [4.78, 5) is 10.4. The Morgan fingerprint density at radius 1 is 1.21 bits per heavy atom. The number of nitro groups is 1. The second-order valence-electron chi connectivity index (χ2n) is 3.70. The van der Waals surface area contributed by atoms with Gasteiger partial charge in [-0.15, -0.1) is 0 Å². The summed E-state index contributed by atoms with van der Waals surface area (Å²) >= 11 is 0. The third-order valence-corrected chi connectivity index (χ3v) is 3.96. The number of hydrogen-bond acceptors (Lipinski definition) is 5. The van der Waals surface area contributed by atoms with Crippen molar-refractivity contribution in [3.05, 3.63) is 34.4 Å². The highest BCUT2D eigenvalue weighted by molar-refractivity contribution is 7.82. The SMILES string of the molecule is O=[N+]([O-])c1ccccc1S(=O)N(CCO)CCCO. The van der Waals surface area contributed by atoms with Crippen molar-refractivity contribution in [3.8, 4) is 0 Å². The molecule has 0 aromatic heterocycles. The van der Waals surface area contributed by atoms with Gasteiger partial charge in [-0.05, 0) is 12.5 Å². The topological polar surface area (TPSA) is 104 Å². The van der Waals surface area contributed by atoms with Crippen LogP contribution in [0.15, 0.2) is 29.2 Å². The lowest BCUT2D eigenvalue weighted by Gasteiger charge is -2.19. The lowest BCUT2D eigenvalue weighted by molar-refractivity contribution is -0.387. The van der Waals surface area contributed by atoms with Crippen LogP contribution in [0.25, 0.3) is 0 Å². The third-order valence-electron chi connectivity index (χ3n) is 2.40. The molecule has 7 nitrogen and oxygen atoms in total. The van der Waals surface area contributed by atoms with Crippen LogP contribution in [0.5, 0.6) is 0 Å². The molecule has 0 radical (unpaired) electrons. The van der Waals surface area contributed by atoms with Gasteiger partial charge in [0.2, 0.25) is 0 Å². The molecule has 19 heavy (non-hydrogen) atoms. The molecule has 1 rings (SSSR count). The number of rotatable bonds is 8. The fourth-order valence-electron chi connectivity index (χ4n) is 1.53. The van der Waals surface area contributed by atoms with E-state index in [4.69, 9.17) is 10.2 Å². The Morgan fingerprint density at radius 3 is 2.47 bits per heavy atom. The van der Waals surface area contributed by atoms with Gasteiger partial charge >= 0.3 is 0 Å². The zero-order valence-electron chi connectivity index (χ0n) is 10.3. The minimum Gasteiger partial charge on any atom is -0.396 e. The van der Waals surface area contributed by atoms with Gasteiger partial charge < -0.3 is 10.2 Å². The number of nitrogens with zero attached hydrogens (tertiary/aromatic N) is 2. The number of aliphatic hydroxyl groups excluding tert-OH is 2. The zero-order valence-corrected chi connectivity index (χ0v) is 11.1. The van der Waals surface area contributed by atoms with Gasteiger partial charge in [0, 0.05) is 25.8 Å². The van der Waals surface area contributed by atoms with Crippen LogP contribution in [0.4, 0.5) is 5.69 Å². The van der Waals surface area contributed by atoms with E-state index < -0.39 is 15.9 Å². The molecule has 0 amide bonds. The van der Waals surface area contributed by atoms with E-state index >= 15 is 0 Å². The molecule has 0 bridgehead atoms. The van der Waals surface area contributed by atoms with Gasteiger partial charge in [0.1, 0.15) is 15.9 Å². The second-order valence-corrected chi connectivity index (χ2v) is 5.16. The number of nitro benzene ring substituents is 1. The van der Waals surface area contributed by atoms with E-state index in [1.807, 2.05) is 0 Å². The zero-order chi connectivity index (χ0) is 14.3. The smallest absolute Gasteiger partial charge is 0.286 e. The quantitative estimate of drug-likeness (QED) is 0.528. The Morgan fingerprint density at radius 2 is 1.89 bits per heavy atom. The number of aliphatic hydroxyl groups is 2. The molecule has 0 saturated carbocycles. The van der Waals surface area contributed by atoms with E-state index in [1.54, 1.807) is 6.07 Å². The molecule has 0 heterocycles. The molecule has 0 aliphatic heterocycles. The van der Waals surface area contributed by atoms with Crippen LogP contribution in [-0.4, -0.2) is 50.0 Å². The van der Waals surface area contributed by atoms with Crippen LogP contribution in [0, 0.1) is 10.1 Å². The van der Waals surface area contributed by atoms with Gasteiger partial charge in [0.25, 0.3) is 5.69 Å². The van der Waals surface area contributed by atoms with Crippen LogP contribution in [0.2, 0.25) is 0 Å². The van der Waals surface area contributed by atoms with Gasteiger partial charge in [-0.25, -0.2) is 8.51 Å². The van der Waals surface area contributed by atoms with Crippen LogP contribution in [-0.2, 0) is 11.0 Å². The predicted octanol–water partition coefficient (Wildman–Crippen LogP) is 0.294. The first-order valence-electron chi connectivity index (χ1n) is 5.73. The highest BCUT2D eigenvalue weighted by Crippen LogP contribution is 2.23. The van der Waals surface area contributed by atoms with E-state index in [2.05, 4.69) is 0 Å². The van der Waals surface area contributed by atoms with Gasteiger partial charge in [-0.3, -0.25) is 10.1 Å². The first-order chi connectivity index (χ1) is 9.11. The molecule has 0 aliphatic carbocycles. The summed E-state index contributed by atoms with van der Waals surface area (Å²) in [5.74, 6) is 0. The summed E-state index contributed by atoms with van der Waals surface area (Å²) < 4.78 is 13.7. The Bertz CT molecular complexity index is 454. The van der Waals surface area contributed by atoms with Crippen molar-refractivity contribution < 1.29 is 19.3 Å². The monoisotopic (exact) mass is 288 g/mol. The maximum absolute atomic E-state index is 12.3. The maximum Gasteiger partial charge on any atom is 0.286 e. The molecular formula is C11H16N2O5S. The molecule has 0 saturated heterocycles. The lowest BCUT2D eigenvalue weighted by atomic mass is 10.3. The van der Waals surface area contributed by atoms with E-state index in [-0.39, 0.29) is 36.9 Å². The van der Waals surface area contributed by atoms with Crippen LogP contribution in [0.3, 0.4) is 0 Å². The van der Waals surface area contributed by atoms with Gasteiger partial charge in [0.15, 0.2) is 0 Å². The average molecular weight is 288 g/mol. The molecule has 2 N–H and O–H groups in total. The summed E-state index contributed by atoms with van der Waals surface area (Å²) in [5, 5.41) is 28.6. The Hall–Kier alpha value is -1.35. The highest BCUT2D eigenvalue weighted by Gasteiger charge is 2.22. The van der Waals surface area contributed by atoms with Crippen molar-refractivity contribution in [1.29, 1.82) is 0 Å². The summed E-state index contributed by atoms with van der Waals surface area (Å²) in [6, 6.07) is 5.79. The summed E-state index contributed by atoms with van der Waals surface area (Å²) in [5.41, 5.74) is -0.215. The van der Waals surface area contributed by atoms with E-state index in [1.165, 1.54) is 22.5 Å². The van der Waals surface area contributed by atoms with Crippen LogP contribution in [0.1, 0.15) is 6.42 Å². The normalized spacial score (nSPS) is 12.6. The summed E-state index contributed by atoms with van der Waals surface area (Å²) in [6.07, 6.45) is 0.381. The average Bonchev–Trinajstić information content (AvgIpc) is 2.42. The Balaban J connectivity index is 2.98. The molecule has 0 aliphatic rings. The predicted molar refractivity (Wildman–Crippen MR) is 69.9 cm³/mol. The molecule has 8 heteroatoms. The van der Waals surface area contributed by atoms with E-state index in [0.29, 0.717) is 6.42 Å². The van der Waals surface area contributed by atoms with E-state index in [0.717, 1.165) is 0 Å². The standard InChI is InChI=1S/C11H16N2O5S/c14-8-3-6-12(7-9-15)19(18)11-5-2-1-4-10(11)13(16)17/h1-2,4-5,14-15H,3,6-9H2. The number of benzene rings is 1. The van der Waals surface area contributed by atoms with Gasteiger partial charge in [-0.1, -0.05) is 12.1 Å². The molecule has 1 unspecified atom stereocenters. The highest BCUT2D eigenvalue weighted by atomic mass is 32.2. The van der Waals surface area contributed by atoms with Crippen molar-refractivity contribution in [2.24, 2.45) is 0 Å². The molecule has 1 atom stereocenters. The first kappa shape index (κ1) is 15.7. The van der Waals surface area contributed by atoms with Crippen molar-refractivity contribution in [1.82, 2.24) is 4.31 Å². The summed E-state index contributed by atoms with van der Waals surface area (Å²) in [7, 11) is -1.73. The first-order valence-corrected chi connectivity index (χ1v) is 6.84. The van der Waals surface area contributed by atoms with E-state index in [9.17, 15) is 14.3 Å². The van der Waals surface area contributed by atoms with Crippen molar-refractivity contribution in [2.75, 3.05) is 26.3 Å². The van der Waals surface area contributed by atoms with Crippen LogP contribution < -0.4 is 0 Å². The van der Waals surface area contributed by atoms with Crippen molar-refractivity contribution in [2.45, 2.75) is 11.3 Å². The second kappa shape index (κ2) is 7.95. The fourth-order valence-corrected chi connectivity index (χ4v) is 2.87. The molecule has 1 aromatic rings. The Labute approximate surface area is 113 Å². The minimum atomic E-state index is -1.73. The molecular weight excluding hydrogens is 272 g/mol. The Kier molecular flexibility index (Phi) is 6.57. The largest absolute Gasteiger partial charge is 0.396 e. The summed E-state index contributed by atoms with van der Waals surface area (Å²) in [6.45, 7) is 0.127. The molecule has 106 valence electrons. The lowest BCUT2D eigenvalue weighted by Crippen LogP contribution is -2.31. The molecule has 0 spiro atoms. The van der Waals surface area contributed by atoms with Crippen molar-refractivity contribution >= 4 is 16.7 Å². The molecule has 0 fully saturated rings. The third kappa shape index (κ3) is 4.35. The maximum atomic E-state index is 12.3. The number of hydrogen-bond donors (Lipinski definition) is 2. The number of para-hydroxylation sites is 1.